The third kappa shape index (κ3) is 4.70. The molecule has 1 aromatic rings. The van der Waals surface area contributed by atoms with Crippen molar-refractivity contribution in [3.05, 3.63) is 22.4 Å². The minimum absolute atomic E-state index is 0.754. The molecule has 1 aromatic heterocycles. The summed E-state index contributed by atoms with van der Waals surface area (Å²) in [5.41, 5.74) is 1.40. The maximum absolute atomic E-state index is 4.81. The van der Waals surface area contributed by atoms with E-state index < -0.39 is 0 Å². The van der Waals surface area contributed by atoms with Crippen LogP contribution in [-0.4, -0.2) is 48.0 Å². The van der Waals surface area contributed by atoms with Crippen LogP contribution in [0, 0.1) is 0 Å². The van der Waals surface area contributed by atoms with Gasteiger partial charge in [-0.3, -0.25) is 4.99 Å². The summed E-state index contributed by atoms with van der Waals surface area (Å²) in [6.45, 7) is 8.49. The Hall–Kier alpha value is -0.680. The van der Waals surface area contributed by atoms with Crippen molar-refractivity contribution in [3.8, 4) is 0 Å². The summed E-state index contributed by atoms with van der Waals surface area (Å²) in [6.07, 6.45) is 2.29. The van der Waals surface area contributed by atoms with Crippen LogP contribution in [0.4, 0.5) is 0 Å². The number of hydrogen-bond donors (Lipinski definition) is 1. The molecule has 0 bridgehead atoms. The quantitative estimate of drug-likeness (QED) is 0.669. The van der Waals surface area contributed by atoms with Crippen LogP contribution < -0.4 is 5.32 Å². The molecular weight excluding hydrogens is 286 g/mol. The number of thioether (sulfide) groups is 1. The molecule has 1 aliphatic rings. The monoisotopic (exact) mass is 311 g/mol. The molecule has 112 valence electrons. The van der Waals surface area contributed by atoms with Crippen molar-refractivity contribution in [3.63, 3.8) is 0 Å². The molecule has 20 heavy (non-hydrogen) atoms. The minimum Gasteiger partial charge on any atom is -0.357 e. The number of aliphatic imine (C=N–C) groups is 1. The summed E-state index contributed by atoms with van der Waals surface area (Å²) >= 11 is 3.86. The van der Waals surface area contributed by atoms with Crippen molar-refractivity contribution in [2.75, 3.05) is 31.9 Å². The Morgan fingerprint density at radius 2 is 2.40 bits per heavy atom. The van der Waals surface area contributed by atoms with Gasteiger partial charge in [0.25, 0.3) is 0 Å². The summed E-state index contributed by atoms with van der Waals surface area (Å²) < 4.78 is 0. The first-order valence-corrected chi connectivity index (χ1v) is 9.48. The zero-order valence-electron chi connectivity index (χ0n) is 12.5. The average molecular weight is 312 g/mol. The lowest BCUT2D eigenvalue weighted by molar-refractivity contribution is 0.408. The highest BCUT2D eigenvalue weighted by atomic mass is 32.2. The Morgan fingerprint density at radius 1 is 1.50 bits per heavy atom. The number of thiophene rings is 1. The maximum atomic E-state index is 4.81. The fourth-order valence-electron chi connectivity index (χ4n) is 2.31. The molecule has 0 amide bonds. The topological polar surface area (TPSA) is 27.6 Å². The van der Waals surface area contributed by atoms with Crippen molar-refractivity contribution >= 4 is 29.1 Å². The molecule has 0 aromatic carbocycles. The van der Waals surface area contributed by atoms with Gasteiger partial charge in [-0.2, -0.15) is 23.1 Å². The van der Waals surface area contributed by atoms with E-state index in [0.29, 0.717) is 0 Å². The zero-order valence-corrected chi connectivity index (χ0v) is 14.1. The first-order chi connectivity index (χ1) is 9.83. The molecule has 0 spiro atoms. The van der Waals surface area contributed by atoms with E-state index in [1.165, 1.54) is 17.7 Å². The average Bonchev–Trinajstić information content (AvgIpc) is 3.00. The highest BCUT2D eigenvalue weighted by molar-refractivity contribution is 8.00. The van der Waals surface area contributed by atoms with Crippen LogP contribution in [0.5, 0.6) is 0 Å². The highest BCUT2D eigenvalue weighted by Gasteiger charge is 2.21. The molecule has 1 atom stereocenters. The second-order valence-electron chi connectivity index (χ2n) is 4.96. The molecule has 1 saturated heterocycles. The second kappa shape index (κ2) is 8.57. The molecule has 0 aliphatic carbocycles. The van der Waals surface area contributed by atoms with Gasteiger partial charge in [-0.25, -0.2) is 0 Å². The van der Waals surface area contributed by atoms with Crippen molar-refractivity contribution in [1.82, 2.24) is 10.2 Å². The molecule has 5 heteroatoms. The van der Waals surface area contributed by atoms with Crippen LogP contribution in [0.1, 0.15) is 25.8 Å². The van der Waals surface area contributed by atoms with Crippen LogP contribution in [0.25, 0.3) is 0 Å². The lowest BCUT2D eigenvalue weighted by Crippen LogP contribution is -2.48. The number of rotatable bonds is 5. The van der Waals surface area contributed by atoms with E-state index in [0.717, 1.165) is 43.8 Å². The van der Waals surface area contributed by atoms with E-state index in [4.69, 9.17) is 4.99 Å². The van der Waals surface area contributed by atoms with Crippen molar-refractivity contribution in [2.24, 2.45) is 4.99 Å². The van der Waals surface area contributed by atoms with Gasteiger partial charge in [-0.15, -0.1) is 0 Å². The van der Waals surface area contributed by atoms with Gasteiger partial charge in [0.15, 0.2) is 5.96 Å². The maximum Gasteiger partial charge on any atom is 0.193 e. The largest absolute Gasteiger partial charge is 0.357 e. The van der Waals surface area contributed by atoms with E-state index in [1.807, 2.05) is 0 Å². The first-order valence-electron chi connectivity index (χ1n) is 7.49. The molecule has 0 saturated carbocycles. The third-order valence-electron chi connectivity index (χ3n) is 3.47. The molecule has 1 aliphatic heterocycles. The standard InChI is InChI=1S/C15H25N3S2/c1-3-14-11-18(8-10-20-14)15(16-4-2)17-7-5-13-6-9-19-12-13/h6,9,12,14H,3-5,7-8,10-11H2,1-2H3,(H,16,17). The number of nitrogens with zero attached hydrogens (tertiary/aromatic N) is 2. The number of hydrogen-bond acceptors (Lipinski definition) is 3. The first kappa shape index (κ1) is 15.7. The lowest BCUT2D eigenvalue weighted by atomic mass is 10.2. The predicted molar refractivity (Wildman–Crippen MR) is 92.1 cm³/mol. The van der Waals surface area contributed by atoms with E-state index in [-0.39, 0.29) is 0 Å². The SMILES string of the molecule is CCNC(=NCCc1ccsc1)N1CCSC(CC)C1. The molecule has 1 unspecified atom stereocenters. The molecule has 0 radical (unpaired) electrons. The summed E-state index contributed by atoms with van der Waals surface area (Å²) in [7, 11) is 0. The van der Waals surface area contributed by atoms with Crippen molar-refractivity contribution < 1.29 is 0 Å². The van der Waals surface area contributed by atoms with E-state index in [1.54, 1.807) is 11.3 Å². The summed E-state index contributed by atoms with van der Waals surface area (Å²) in [5, 5.41) is 8.55. The Morgan fingerprint density at radius 3 is 3.10 bits per heavy atom. The Bertz CT molecular complexity index is 403. The predicted octanol–water partition coefficient (Wildman–Crippen LogP) is 3.08. The normalized spacial score (nSPS) is 20.2. The van der Waals surface area contributed by atoms with Crippen LogP contribution in [-0.2, 0) is 6.42 Å². The minimum atomic E-state index is 0.754. The molecule has 2 rings (SSSR count). The van der Waals surface area contributed by atoms with Gasteiger partial charge in [-0.05, 0) is 42.2 Å². The molecule has 1 N–H and O–H groups in total. The highest BCUT2D eigenvalue weighted by Crippen LogP contribution is 2.21. The number of nitrogens with one attached hydrogen (secondary N) is 1. The third-order valence-corrected chi connectivity index (χ3v) is 5.57. The molecule has 3 nitrogen and oxygen atoms in total. The molecular formula is C15H25N3S2. The Balaban J connectivity index is 1.90. The van der Waals surface area contributed by atoms with Crippen molar-refractivity contribution in [1.29, 1.82) is 0 Å². The van der Waals surface area contributed by atoms with Gasteiger partial charge in [-0.1, -0.05) is 6.92 Å². The van der Waals surface area contributed by atoms with Gasteiger partial charge in [0, 0.05) is 37.2 Å². The van der Waals surface area contributed by atoms with Gasteiger partial charge in [0.2, 0.25) is 0 Å². The number of guanidine groups is 1. The lowest BCUT2D eigenvalue weighted by Gasteiger charge is -2.34. The van der Waals surface area contributed by atoms with Gasteiger partial charge < -0.3 is 10.2 Å². The van der Waals surface area contributed by atoms with E-state index >= 15 is 0 Å². The van der Waals surface area contributed by atoms with Crippen LogP contribution in [0.2, 0.25) is 0 Å². The molecule has 1 fully saturated rings. The summed E-state index contributed by atoms with van der Waals surface area (Å²) in [6, 6.07) is 2.19. The molecule has 2 heterocycles. The van der Waals surface area contributed by atoms with Crippen molar-refractivity contribution in [2.45, 2.75) is 31.9 Å². The van der Waals surface area contributed by atoms with E-state index in [9.17, 15) is 0 Å². The van der Waals surface area contributed by atoms with Crippen LogP contribution in [0.3, 0.4) is 0 Å². The van der Waals surface area contributed by atoms with Crippen LogP contribution in [0.15, 0.2) is 21.8 Å². The van der Waals surface area contributed by atoms with E-state index in [2.05, 4.69) is 52.7 Å². The smallest absolute Gasteiger partial charge is 0.193 e. The fourth-order valence-corrected chi connectivity index (χ4v) is 4.19. The van der Waals surface area contributed by atoms with Gasteiger partial charge in [0.05, 0.1) is 0 Å². The summed E-state index contributed by atoms with van der Waals surface area (Å²) in [5.74, 6) is 2.31. The zero-order chi connectivity index (χ0) is 14.2. The second-order valence-corrected chi connectivity index (χ2v) is 7.15. The fraction of sp³-hybridized carbons (Fsp3) is 0.667. The Kier molecular flexibility index (Phi) is 6.73. The van der Waals surface area contributed by atoms with Crippen LogP contribution >= 0.6 is 23.1 Å². The van der Waals surface area contributed by atoms with Gasteiger partial charge >= 0.3 is 0 Å². The summed E-state index contributed by atoms with van der Waals surface area (Å²) in [4.78, 5) is 7.24. The Labute approximate surface area is 130 Å². The van der Waals surface area contributed by atoms with Gasteiger partial charge in [0.1, 0.15) is 0 Å².